The van der Waals surface area contributed by atoms with E-state index in [1.165, 1.54) is 4.68 Å². The molecular weight excluding hydrogens is 320 g/mol. The largest absolute Gasteiger partial charge is 0.277 e. The van der Waals surface area contributed by atoms with E-state index in [0.717, 1.165) is 11.0 Å². The Balaban J connectivity index is 1.49. The first-order valence-corrected chi connectivity index (χ1v) is 7.77. The molecule has 0 fully saturated rings. The van der Waals surface area contributed by atoms with Gasteiger partial charge in [0.1, 0.15) is 11.8 Å². The standard InChI is InChI=1S/C17H14N6O2/c24-16(20-23-11-18-14-7-3-4-8-15(14)23)9-10-22-17(25)12-5-1-2-6-13(12)19-21-22/h1-8,11H,9-10H2,(H,20,24). The van der Waals surface area contributed by atoms with Gasteiger partial charge < -0.3 is 0 Å². The van der Waals surface area contributed by atoms with E-state index in [2.05, 4.69) is 20.7 Å². The van der Waals surface area contributed by atoms with Crippen LogP contribution in [0, 0.1) is 0 Å². The maximum absolute atomic E-state index is 12.3. The number of amides is 1. The maximum Gasteiger partial charge on any atom is 0.277 e. The predicted octanol–water partition coefficient (Wildman–Crippen LogP) is 1.30. The van der Waals surface area contributed by atoms with Crippen molar-refractivity contribution in [3.05, 3.63) is 65.2 Å². The number of imidazole rings is 1. The van der Waals surface area contributed by atoms with Crippen LogP contribution in [0.25, 0.3) is 21.9 Å². The number of aryl methyl sites for hydroxylation is 1. The molecule has 0 aliphatic rings. The van der Waals surface area contributed by atoms with Crippen molar-refractivity contribution in [2.75, 3.05) is 5.43 Å². The number of benzene rings is 2. The first-order chi connectivity index (χ1) is 12.2. The molecule has 2 aromatic heterocycles. The first kappa shape index (κ1) is 15.0. The highest BCUT2D eigenvalue weighted by Crippen LogP contribution is 2.10. The molecular formula is C17H14N6O2. The molecule has 1 N–H and O–H groups in total. The minimum Gasteiger partial charge on any atom is -0.273 e. The molecule has 4 aromatic rings. The molecule has 0 unspecified atom stereocenters. The first-order valence-electron chi connectivity index (χ1n) is 7.77. The van der Waals surface area contributed by atoms with Gasteiger partial charge in [0.25, 0.3) is 5.56 Å². The molecule has 0 atom stereocenters. The van der Waals surface area contributed by atoms with Crippen molar-refractivity contribution in [1.82, 2.24) is 24.7 Å². The highest BCUT2D eigenvalue weighted by molar-refractivity contribution is 5.86. The average Bonchev–Trinajstić information content (AvgIpc) is 3.04. The van der Waals surface area contributed by atoms with Crippen molar-refractivity contribution in [1.29, 1.82) is 0 Å². The number of aromatic nitrogens is 5. The zero-order valence-electron chi connectivity index (χ0n) is 13.2. The Morgan fingerprint density at radius 1 is 1.04 bits per heavy atom. The number of hydrogen-bond donors (Lipinski definition) is 1. The summed E-state index contributed by atoms with van der Waals surface area (Å²) >= 11 is 0. The van der Waals surface area contributed by atoms with Gasteiger partial charge in [-0.15, -0.1) is 5.10 Å². The molecule has 8 nitrogen and oxygen atoms in total. The second-order valence-corrected chi connectivity index (χ2v) is 5.52. The normalized spacial score (nSPS) is 11.0. The molecule has 0 bridgehead atoms. The van der Waals surface area contributed by atoms with Crippen molar-refractivity contribution < 1.29 is 4.79 Å². The van der Waals surface area contributed by atoms with Gasteiger partial charge in [-0.2, -0.15) is 0 Å². The smallest absolute Gasteiger partial charge is 0.273 e. The number of carbonyl (C=O) groups excluding carboxylic acids is 1. The third-order valence-electron chi connectivity index (χ3n) is 3.88. The summed E-state index contributed by atoms with van der Waals surface area (Å²) in [6, 6.07) is 14.5. The van der Waals surface area contributed by atoms with Gasteiger partial charge in [0.15, 0.2) is 0 Å². The molecule has 0 aliphatic carbocycles. The van der Waals surface area contributed by atoms with Crippen LogP contribution in [0.1, 0.15) is 6.42 Å². The monoisotopic (exact) mass is 334 g/mol. The summed E-state index contributed by atoms with van der Waals surface area (Å²) in [5, 5.41) is 8.37. The third kappa shape index (κ3) is 2.85. The van der Waals surface area contributed by atoms with Crippen LogP contribution in [0.15, 0.2) is 59.7 Å². The van der Waals surface area contributed by atoms with E-state index in [-0.39, 0.29) is 24.4 Å². The minimum absolute atomic E-state index is 0.0967. The molecule has 0 spiro atoms. The molecule has 1 amide bonds. The fraction of sp³-hybridized carbons (Fsp3) is 0.118. The molecule has 2 heterocycles. The van der Waals surface area contributed by atoms with Crippen molar-refractivity contribution in [3.63, 3.8) is 0 Å². The van der Waals surface area contributed by atoms with E-state index in [4.69, 9.17) is 0 Å². The lowest BCUT2D eigenvalue weighted by Crippen LogP contribution is -2.28. The molecule has 8 heteroatoms. The average molecular weight is 334 g/mol. The van der Waals surface area contributed by atoms with E-state index in [1.54, 1.807) is 35.3 Å². The number of rotatable bonds is 4. The van der Waals surface area contributed by atoms with Crippen molar-refractivity contribution in [2.45, 2.75) is 13.0 Å². The molecule has 2 aromatic carbocycles. The lowest BCUT2D eigenvalue weighted by molar-refractivity contribution is -0.117. The summed E-state index contributed by atoms with van der Waals surface area (Å²) in [4.78, 5) is 28.7. The quantitative estimate of drug-likeness (QED) is 0.607. The number of para-hydroxylation sites is 2. The van der Waals surface area contributed by atoms with Gasteiger partial charge in [0.05, 0.1) is 23.0 Å². The molecule has 0 saturated carbocycles. The molecule has 0 aliphatic heterocycles. The van der Waals surface area contributed by atoms with Gasteiger partial charge in [-0.1, -0.05) is 29.5 Å². The zero-order valence-corrected chi connectivity index (χ0v) is 13.2. The lowest BCUT2D eigenvalue weighted by Gasteiger charge is -2.08. The number of nitrogens with one attached hydrogen (secondary N) is 1. The maximum atomic E-state index is 12.3. The topological polar surface area (TPSA) is 94.7 Å². The third-order valence-corrected chi connectivity index (χ3v) is 3.88. The van der Waals surface area contributed by atoms with E-state index >= 15 is 0 Å². The van der Waals surface area contributed by atoms with Gasteiger partial charge in [-0.25, -0.2) is 14.3 Å². The Kier molecular flexibility index (Phi) is 3.70. The van der Waals surface area contributed by atoms with Crippen LogP contribution in [-0.2, 0) is 11.3 Å². The number of fused-ring (bicyclic) bond motifs is 2. The fourth-order valence-corrected chi connectivity index (χ4v) is 2.62. The minimum atomic E-state index is -0.258. The van der Waals surface area contributed by atoms with E-state index < -0.39 is 0 Å². The van der Waals surface area contributed by atoms with E-state index in [9.17, 15) is 9.59 Å². The van der Waals surface area contributed by atoms with Gasteiger partial charge in [-0.3, -0.25) is 15.0 Å². The van der Waals surface area contributed by atoms with Crippen molar-refractivity contribution in [2.24, 2.45) is 0 Å². The van der Waals surface area contributed by atoms with Gasteiger partial charge in [0.2, 0.25) is 5.91 Å². The van der Waals surface area contributed by atoms with E-state index in [0.29, 0.717) is 10.9 Å². The predicted molar refractivity (Wildman–Crippen MR) is 92.5 cm³/mol. The van der Waals surface area contributed by atoms with Crippen molar-refractivity contribution in [3.8, 4) is 0 Å². The summed E-state index contributed by atoms with van der Waals surface area (Å²) in [5.41, 5.74) is 4.62. The number of nitrogens with zero attached hydrogens (tertiary/aromatic N) is 5. The highest BCUT2D eigenvalue weighted by Gasteiger charge is 2.09. The number of hydrogen-bond acceptors (Lipinski definition) is 5. The van der Waals surface area contributed by atoms with Crippen LogP contribution in [0.5, 0.6) is 0 Å². The Hall–Kier alpha value is -3.55. The molecule has 4 rings (SSSR count). The van der Waals surface area contributed by atoms with Crippen LogP contribution in [0.4, 0.5) is 0 Å². The second kappa shape index (κ2) is 6.16. The Morgan fingerprint density at radius 2 is 1.80 bits per heavy atom. The highest BCUT2D eigenvalue weighted by atomic mass is 16.2. The molecule has 0 saturated heterocycles. The number of carbonyl (C=O) groups is 1. The SMILES string of the molecule is O=C(CCn1nnc2ccccc2c1=O)Nn1cnc2ccccc21. The summed E-state index contributed by atoms with van der Waals surface area (Å²) < 4.78 is 2.76. The second-order valence-electron chi connectivity index (χ2n) is 5.52. The van der Waals surface area contributed by atoms with Crippen molar-refractivity contribution >= 4 is 27.8 Å². The van der Waals surface area contributed by atoms with Crippen LogP contribution in [0.2, 0.25) is 0 Å². The summed E-state index contributed by atoms with van der Waals surface area (Å²) in [6.45, 7) is 0.148. The van der Waals surface area contributed by atoms with Crippen LogP contribution >= 0.6 is 0 Å². The summed E-state index contributed by atoms with van der Waals surface area (Å²) in [5.74, 6) is -0.245. The van der Waals surface area contributed by atoms with Gasteiger partial charge in [-0.05, 0) is 24.3 Å². The summed E-state index contributed by atoms with van der Waals surface area (Å²) in [7, 11) is 0. The zero-order chi connectivity index (χ0) is 17.2. The lowest BCUT2D eigenvalue weighted by atomic mass is 10.2. The van der Waals surface area contributed by atoms with E-state index in [1.807, 2.05) is 24.3 Å². The summed E-state index contributed by atoms with van der Waals surface area (Å²) in [6.07, 6.45) is 1.64. The fourth-order valence-electron chi connectivity index (χ4n) is 2.62. The molecule has 124 valence electrons. The molecule has 0 radical (unpaired) electrons. The Morgan fingerprint density at radius 3 is 2.68 bits per heavy atom. The van der Waals surface area contributed by atoms with Gasteiger partial charge in [0, 0.05) is 6.42 Å². The Labute approximate surface area is 141 Å². The Bertz CT molecular complexity index is 1130. The van der Waals surface area contributed by atoms with Crippen LogP contribution in [-0.4, -0.2) is 30.6 Å². The molecule has 25 heavy (non-hydrogen) atoms. The van der Waals surface area contributed by atoms with Crippen LogP contribution < -0.4 is 11.0 Å². The van der Waals surface area contributed by atoms with Gasteiger partial charge >= 0.3 is 0 Å². The van der Waals surface area contributed by atoms with Crippen LogP contribution in [0.3, 0.4) is 0 Å².